The molecule has 0 aliphatic carbocycles. The Hall–Kier alpha value is -1.89. The van der Waals surface area contributed by atoms with E-state index in [2.05, 4.69) is 21.2 Å². The van der Waals surface area contributed by atoms with Gasteiger partial charge in [-0.25, -0.2) is 0 Å². The predicted molar refractivity (Wildman–Crippen MR) is 102 cm³/mol. The number of phenolic OH excluding ortho intramolecular Hbond substituents is 1. The van der Waals surface area contributed by atoms with Crippen LogP contribution < -0.4 is 5.32 Å². The second-order valence-electron chi connectivity index (χ2n) is 5.18. The lowest BCUT2D eigenvalue weighted by Crippen LogP contribution is -2.30. The predicted octanol–water partition coefficient (Wildman–Crippen LogP) is 4.07. The van der Waals surface area contributed by atoms with Crippen molar-refractivity contribution in [3.8, 4) is 5.75 Å². The van der Waals surface area contributed by atoms with Crippen LogP contribution in [0.25, 0.3) is 6.08 Å². The number of nitrogens with zero attached hydrogens (tertiary/aromatic N) is 1. The first-order valence-corrected chi connectivity index (χ1v) is 8.60. The average Bonchev–Trinajstić information content (AvgIpc) is 2.80. The average molecular weight is 424 g/mol. The second kappa shape index (κ2) is 6.93. The van der Waals surface area contributed by atoms with E-state index in [1.807, 2.05) is 18.2 Å². The molecule has 24 heavy (non-hydrogen) atoms. The van der Waals surface area contributed by atoms with Crippen LogP contribution in [0.4, 0.5) is 0 Å². The maximum Gasteiger partial charge on any atom is 0.276 e. The van der Waals surface area contributed by atoms with Crippen LogP contribution in [0.2, 0.25) is 5.02 Å². The number of amides is 1. The molecule has 0 saturated carbocycles. The van der Waals surface area contributed by atoms with Gasteiger partial charge in [0, 0.05) is 5.02 Å². The van der Waals surface area contributed by atoms with Crippen LogP contribution in [0.1, 0.15) is 11.1 Å². The van der Waals surface area contributed by atoms with E-state index in [9.17, 15) is 9.90 Å². The molecule has 2 aromatic rings. The van der Waals surface area contributed by atoms with Crippen molar-refractivity contribution in [3.05, 3.63) is 68.8 Å². The minimum atomic E-state index is -0.218. The molecule has 2 N–H and O–H groups in total. The summed E-state index contributed by atoms with van der Waals surface area (Å²) >= 11 is 14.7. The van der Waals surface area contributed by atoms with Crippen molar-refractivity contribution in [1.29, 1.82) is 0 Å². The van der Waals surface area contributed by atoms with Crippen molar-refractivity contribution < 1.29 is 9.90 Å². The maximum absolute atomic E-state index is 12.6. The SMILES string of the molecule is O=C1/C(=C/c2ccc(O)c(Br)c2)NC(=S)N1Cc1ccccc1Cl. The third-order valence-electron chi connectivity index (χ3n) is 3.53. The summed E-state index contributed by atoms with van der Waals surface area (Å²) in [5.41, 5.74) is 1.97. The summed E-state index contributed by atoms with van der Waals surface area (Å²) in [6.45, 7) is 0.307. The van der Waals surface area contributed by atoms with Gasteiger partial charge in [0.1, 0.15) is 11.4 Å². The molecule has 4 nitrogen and oxygen atoms in total. The fraction of sp³-hybridized carbons (Fsp3) is 0.0588. The lowest BCUT2D eigenvalue weighted by atomic mass is 10.1. The fourth-order valence-electron chi connectivity index (χ4n) is 2.29. The molecule has 0 unspecified atom stereocenters. The van der Waals surface area contributed by atoms with Crippen molar-refractivity contribution in [1.82, 2.24) is 10.2 Å². The van der Waals surface area contributed by atoms with Crippen LogP contribution >= 0.6 is 39.7 Å². The largest absolute Gasteiger partial charge is 0.507 e. The number of carbonyl (C=O) groups is 1. The van der Waals surface area contributed by atoms with Crippen LogP contribution in [-0.2, 0) is 11.3 Å². The van der Waals surface area contributed by atoms with Crippen LogP contribution in [0.15, 0.2) is 52.6 Å². The van der Waals surface area contributed by atoms with Gasteiger partial charge in [0.25, 0.3) is 5.91 Å². The van der Waals surface area contributed by atoms with E-state index in [1.54, 1.807) is 30.3 Å². The van der Waals surface area contributed by atoms with Gasteiger partial charge < -0.3 is 10.4 Å². The number of hydrogen-bond acceptors (Lipinski definition) is 3. The number of halogens is 2. The number of rotatable bonds is 3. The third kappa shape index (κ3) is 3.45. The van der Waals surface area contributed by atoms with Gasteiger partial charge in [0.15, 0.2) is 5.11 Å². The summed E-state index contributed by atoms with van der Waals surface area (Å²) in [6.07, 6.45) is 1.69. The maximum atomic E-state index is 12.6. The summed E-state index contributed by atoms with van der Waals surface area (Å²) in [5.74, 6) is -0.0807. The molecule has 1 heterocycles. The van der Waals surface area contributed by atoms with Gasteiger partial charge in [-0.2, -0.15) is 0 Å². The molecule has 1 saturated heterocycles. The van der Waals surface area contributed by atoms with E-state index in [0.717, 1.165) is 11.1 Å². The van der Waals surface area contributed by atoms with E-state index >= 15 is 0 Å². The van der Waals surface area contributed by atoms with E-state index in [0.29, 0.717) is 26.8 Å². The van der Waals surface area contributed by atoms with E-state index in [1.165, 1.54) is 4.90 Å². The molecule has 0 spiro atoms. The number of aromatic hydroxyl groups is 1. The van der Waals surface area contributed by atoms with Crippen molar-refractivity contribution in [2.24, 2.45) is 0 Å². The number of hydrogen-bond donors (Lipinski definition) is 2. The van der Waals surface area contributed by atoms with Gasteiger partial charge in [-0.15, -0.1) is 0 Å². The van der Waals surface area contributed by atoms with Crippen molar-refractivity contribution in [2.45, 2.75) is 6.54 Å². The normalized spacial score (nSPS) is 15.9. The van der Waals surface area contributed by atoms with Crippen LogP contribution in [0.3, 0.4) is 0 Å². The minimum absolute atomic E-state index is 0.138. The smallest absolute Gasteiger partial charge is 0.276 e. The topological polar surface area (TPSA) is 52.6 Å². The van der Waals surface area contributed by atoms with E-state index in [-0.39, 0.29) is 11.7 Å². The molecule has 7 heteroatoms. The summed E-state index contributed by atoms with van der Waals surface area (Å²) in [4.78, 5) is 14.1. The molecular formula is C17H12BrClN2O2S. The molecule has 1 aliphatic heterocycles. The molecular weight excluding hydrogens is 412 g/mol. The second-order valence-corrected chi connectivity index (χ2v) is 6.83. The summed E-state index contributed by atoms with van der Waals surface area (Å²) in [5, 5.41) is 13.4. The van der Waals surface area contributed by atoms with Crippen molar-refractivity contribution >= 4 is 56.8 Å². The highest BCUT2D eigenvalue weighted by Crippen LogP contribution is 2.26. The first-order chi connectivity index (χ1) is 11.5. The van der Waals surface area contributed by atoms with Gasteiger partial charge >= 0.3 is 0 Å². The molecule has 1 aliphatic rings. The Morgan fingerprint density at radius 3 is 2.75 bits per heavy atom. The molecule has 0 atom stereocenters. The van der Waals surface area contributed by atoms with Crippen LogP contribution in [0.5, 0.6) is 5.75 Å². The van der Waals surface area contributed by atoms with Gasteiger partial charge in [-0.05, 0) is 63.5 Å². The molecule has 0 radical (unpaired) electrons. The highest BCUT2D eigenvalue weighted by atomic mass is 79.9. The first kappa shape index (κ1) is 17.0. The van der Waals surface area contributed by atoms with Crippen molar-refractivity contribution in [2.75, 3.05) is 0 Å². The van der Waals surface area contributed by atoms with Crippen LogP contribution in [-0.4, -0.2) is 21.0 Å². The number of benzene rings is 2. The zero-order valence-corrected chi connectivity index (χ0v) is 15.5. The molecule has 122 valence electrons. The highest BCUT2D eigenvalue weighted by Gasteiger charge is 2.30. The molecule has 2 aromatic carbocycles. The standard InChI is InChI=1S/C17H12BrClN2O2S/c18-12-7-10(5-6-15(12)22)8-14-16(23)21(17(24)20-14)9-11-3-1-2-4-13(11)19/h1-8,22H,9H2,(H,20,24)/b14-8-. The highest BCUT2D eigenvalue weighted by molar-refractivity contribution is 9.10. The molecule has 0 bridgehead atoms. The van der Waals surface area contributed by atoms with Crippen molar-refractivity contribution in [3.63, 3.8) is 0 Å². The minimum Gasteiger partial charge on any atom is -0.507 e. The monoisotopic (exact) mass is 422 g/mol. The van der Waals surface area contributed by atoms with Gasteiger partial charge in [0.05, 0.1) is 11.0 Å². The first-order valence-electron chi connectivity index (χ1n) is 7.02. The quantitative estimate of drug-likeness (QED) is 0.577. The summed E-state index contributed by atoms with van der Waals surface area (Å²) in [6, 6.07) is 12.3. The number of thiocarbonyl (C=S) groups is 1. The van der Waals surface area contributed by atoms with Gasteiger partial charge in [0.2, 0.25) is 0 Å². The Labute approximate surface area is 157 Å². The zero-order valence-electron chi connectivity index (χ0n) is 12.3. The summed E-state index contributed by atoms with van der Waals surface area (Å²) in [7, 11) is 0. The molecule has 3 rings (SSSR count). The number of carbonyl (C=O) groups excluding carboxylic acids is 1. The molecule has 1 amide bonds. The Morgan fingerprint density at radius 2 is 2.04 bits per heavy atom. The van der Waals surface area contributed by atoms with Crippen LogP contribution in [0, 0.1) is 0 Å². The lowest BCUT2D eigenvalue weighted by Gasteiger charge is -2.14. The summed E-state index contributed by atoms with van der Waals surface area (Å²) < 4.78 is 0.554. The Bertz CT molecular complexity index is 869. The molecule has 0 aromatic heterocycles. The van der Waals surface area contributed by atoms with E-state index in [4.69, 9.17) is 23.8 Å². The lowest BCUT2D eigenvalue weighted by molar-refractivity contribution is -0.122. The Balaban J connectivity index is 1.84. The number of phenols is 1. The third-order valence-corrected chi connectivity index (χ3v) is 4.86. The zero-order chi connectivity index (χ0) is 17.3. The number of nitrogens with one attached hydrogen (secondary N) is 1. The fourth-order valence-corrected chi connectivity index (χ4v) is 3.14. The van der Waals surface area contributed by atoms with Gasteiger partial charge in [-0.3, -0.25) is 9.69 Å². The molecule has 1 fully saturated rings. The van der Waals surface area contributed by atoms with E-state index < -0.39 is 0 Å². The van der Waals surface area contributed by atoms with Gasteiger partial charge in [-0.1, -0.05) is 35.9 Å². The Kier molecular flexibility index (Phi) is 4.89. The Morgan fingerprint density at radius 1 is 1.29 bits per heavy atom.